The number of hydrogen-bond acceptors (Lipinski definition) is 5. The van der Waals surface area contributed by atoms with Gasteiger partial charge in [0, 0.05) is 32.5 Å². The highest BCUT2D eigenvalue weighted by Crippen LogP contribution is 2.16. The van der Waals surface area contributed by atoms with Gasteiger partial charge in [-0.2, -0.15) is 0 Å². The van der Waals surface area contributed by atoms with Crippen molar-refractivity contribution >= 4 is 9.84 Å². The van der Waals surface area contributed by atoms with Gasteiger partial charge >= 0.3 is 0 Å². The monoisotopic (exact) mass is 305 g/mol. The molecule has 1 N–H and O–H groups in total. The average Bonchev–Trinajstić information content (AvgIpc) is 2.32. The second kappa shape index (κ2) is 8.18. The molecule has 7 heteroatoms. The van der Waals surface area contributed by atoms with Crippen LogP contribution in [0.15, 0.2) is 18.2 Å². The van der Waals surface area contributed by atoms with Crippen LogP contribution in [0.25, 0.3) is 0 Å². The number of ether oxygens (including phenoxy) is 2. The molecule has 1 aromatic carbocycles. The molecule has 0 aliphatic heterocycles. The minimum absolute atomic E-state index is 0.0127. The van der Waals surface area contributed by atoms with Crippen molar-refractivity contribution in [2.75, 3.05) is 38.9 Å². The van der Waals surface area contributed by atoms with Crippen molar-refractivity contribution in [3.63, 3.8) is 0 Å². The van der Waals surface area contributed by atoms with Gasteiger partial charge in [0.2, 0.25) is 0 Å². The van der Waals surface area contributed by atoms with Gasteiger partial charge < -0.3 is 14.8 Å². The highest BCUT2D eigenvalue weighted by Gasteiger charge is 2.05. The molecule has 0 unspecified atom stereocenters. The fourth-order valence-corrected chi connectivity index (χ4v) is 1.91. The molecule has 0 bridgehead atoms. The SMILES string of the molecule is COCCNCc1cc(F)cc(OCCS(C)(=O)=O)c1. The third kappa shape index (κ3) is 7.42. The van der Waals surface area contributed by atoms with Crippen LogP contribution < -0.4 is 10.1 Å². The van der Waals surface area contributed by atoms with E-state index in [9.17, 15) is 12.8 Å². The topological polar surface area (TPSA) is 64.6 Å². The molecular weight excluding hydrogens is 285 g/mol. The van der Waals surface area contributed by atoms with Crippen LogP contribution in [0.1, 0.15) is 5.56 Å². The van der Waals surface area contributed by atoms with Crippen molar-refractivity contribution in [1.82, 2.24) is 5.32 Å². The fourth-order valence-electron chi connectivity index (χ4n) is 1.52. The summed E-state index contributed by atoms with van der Waals surface area (Å²) in [5.74, 6) is -0.173. The standard InChI is InChI=1S/C13H20FNO4S/c1-18-4-3-15-10-11-7-12(14)9-13(8-11)19-5-6-20(2,16)17/h7-9,15H,3-6,10H2,1-2H3. The number of rotatable bonds is 9. The third-order valence-corrected chi connectivity index (χ3v) is 3.37. The van der Waals surface area contributed by atoms with Crippen molar-refractivity contribution in [1.29, 1.82) is 0 Å². The quantitative estimate of drug-likeness (QED) is 0.689. The predicted octanol–water partition coefficient (Wildman–Crippen LogP) is 0.985. The Morgan fingerprint density at radius 2 is 2.00 bits per heavy atom. The molecule has 0 atom stereocenters. The Morgan fingerprint density at radius 1 is 1.25 bits per heavy atom. The summed E-state index contributed by atoms with van der Waals surface area (Å²) in [6.45, 7) is 1.74. The zero-order valence-electron chi connectivity index (χ0n) is 11.7. The maximum atomic E-state index is 13.4. The van der Waals surface area contributed by atoms with Crippen molar-refractivity contribution in [3.8, 4) is 5.75 Å². The van der Waals surface area contributed by atoms with Gasteiger partial charge in [0.15, 0.2) is 9.84 Å². The molecular formula is C13H20FNO4S. The Labute approximate surface area is 119 Å². The van der Waals surface area contributed by atoms with E-state index in [0.29, 0.717) is 25.4 Å². The maximum absolute atomic E-state index is 13.4. The van der Waals surface area contributed by atoms with E-state index in [1.807, 2.05) is 0 Å². The van der Waals surface area contributed by atoms with Crippen LogP contribution in [0, 0.1) is 5.82 Å². The first kappa shape index (κ1) is 16.9. The predicted molar refractivity (Wildman–Crippen MR) is 75.2 cm³/mol. The molecule has 0 amide bonds. The molecule has 0 aliphatic rings. The molecule has 0 saturated carbocycles. The van der Waals surface area contributed by atoms with Gasteiger partial charge in [-0.1, -0.05) is 0 Å². The molecule has 0 spiro atoms. The number of benzene rings is 1. The normalized spacial score (nSPS) is 11.6. The van der Waals surface area contributed by atoms with Gasteiger partial charge in [-0.05, 0) is 17.7 Å². The van der Waals surface area contributed by atoms with Gasteiger partial charge in [0.25, 0.3) is 0 Å². The van der Waals surface area contributed by atoms with Gasteiger partial charge in [0.05, 0.1) is 12.4 Å². The summed E-state index contributed by atoms with van der Waals surface area (Å²) in [7, 11) is -1.47. The smallest absolute Gasteiger partial charge is 0.150 e. The van der Waals surface area contributed by atoms with E-state index in [1.54, 1.807) is 13.2 Å². The summed E-state index contributed by atoms with van der Waals surface area (Å²) < 4.78 is 45.5. The van der Waals surface area contributed by atoms with E-state index < -0.39 is 15.7 Å². The van der Waals surface area contributed by atoms with Crippen LogP contribution in [-0.4, -0.2) is 47.3 Å². The highest BCUT2D eigenvalue weighted by molar-refractivity contribution is 7.90. The Morgan fingerprint density at radius 3 is 2.65 bits per heavy atom. The van der Waals surface area contributed by atoms with Gasteiger partial charge in [0.1, 0.15) is 18.2 Å². The molecule has 1 aromatic rings. The van der Waals surface area contributed by atoms with E-state index in [1.165, 1.54) is 12.1 Å². The Balaban J connectivity index is 2.52. The van der Waals surface area contributed by atoms with Crippen molar-refractivity contribution in [2.24, 2.45) is 0 Å². The summed E-state index contributed by atoms with van der Waals surface area (Å²) in [6.07, 6.45) is 1.13. The first-order valence-electron chi connectivity index (χ1n) is 6.20. The minimum atomic E-state index is -3.08. The molecule has 0 heterocycles. The van der Waals surface area contributed by atoms with Crippen molar-refractivity contribution in [2.45, 2.75) is 6.54 Å². The minimum Gasteiger partial charge on any atom is -0.492 e. The lowest BCUT2D eigenvalue weighted by atomic mass is 10.2. The molecule has 0 saturated heterocycles. The highest BCUT2D eigenvalue weighted by atomic mass is 32.2. The molecule has 0 radical (unpaired) electrons. The summed E-state index contributed by atoms with van der Waals surface area (Å²) in [5.41, 5.74) is 0.732. The number of hydrogen-bond donors (Lipinski definition) is 1. The zero-order valence-corrected chi connectivity index (χ0v) is 12.5. The van der Waals surface area contributed by atoms with Gasteiger partial charge in [-0.15, -0.1) is 0 Å². The number of methoxy groups -OCH3 is 1. The van der Waals surface area contributed by atoms with Gasteiger partial charge in [-0.25, -0.2) is 12.8 Å². The largest absolute Gasteiger partial charge is 0.492 e. The summed E-state index contributed by atoms with van der Waals surface area (Å²) >= 11 is 0. The lowest BCUT2D eigenvalue weighted by Gasteiger charge is -2.09. The summed E-state index contributed by atoms with van der Waals surface area (Å²) in [6, 6.07) is 4.33. The second-order valence-corrected chi connectivity index (χ2v) is 6.70. The number of sulfone groups is 1. The van der Waals surface area contributed by atoms with Gasteiger partial charge in [-0.3, -0.25) is 0 Å². The molecule has 114 valence electrons. The number of nitrogens with one attached hydrogen (secondary N) is 1. The fraction of sp³-hybridized carbons (Fsp3) is 0.538. The maximum Gasteiger partial charge on any atom is 0.150 e. The first-order valence-corrected chi connectivity index (χ1v) is 8.26. The summed E-state index contributed by atoms with van der Waals surface area (Å²) in [4.78, 5) is 0. The zero-order chi connectivity index (χ0) is 15.0. The second-order valence-electron chi connectivity index (χ2n) is 4.44. The van der Waals surface area contributed by atoms with Crippen LogP contribution >= 0.6 is 0 Å². The van der Waals surface area contributed by atoms with E-state index in [2.05, 4.69) is 5.32 Å². The van der Waals surface area contributed by atoms with E-state index >= 15 is 0 Å². The van der Waals surface area contributed by atoms with E-state index in [4.69, 9.17) is 9.47 Å². The molecule has 5 nitrogen and oxygen atoms in total. The van der Waals surface area contributed by atoms with E-state index in [0.717, 1.165) is 11.8 Å². The first-order chi connectivity index (χ1) is 9.40. The molecule has 0 aromatic heterocycles. The molecule has 0 aliphatic carbocycles. The van der Waals surface area contributed by atoms with Crippen LogP contribution in [0.5, 0.6) is 5.75 Å². The molecule has 1 rings (SSSR count). The summed E-state index contributed by atoms with van der Waals surface area (Å²) in [5, 5.41) is 3.09. The van der Waals surface area contributed by atoms with E-state index in [-0.39, 0.29) is 12.4 Å². The Kier molecular flexibility index (Phi) is 6.90. The molecule has 0 fully saturated rings. The van der Waals surface area contributed by atoms with Crippen molar-refractivity contribution < 1.29 is 22.3 Å². The third-order valence-electron chi connectivity index (χ3n) is 2.47. The average molecular weight is 305 g/mol. The lowest BCUT2D eigenvalue weighted by Crippen LogP contribution is -2.18. The van der Waals surface area contributed by atoms with Crippen LogP contribution in [0.4, 0.5) is 4.39 Å². The van der Waals surface area contributed by atoms with Crippen LogP contribution in [0.3, 0.4) is 0 Å². The van der Waals surface area contributed by atoms with Crippen LogP contribution in [-0.2, 0) is 21.1 Å². The Hall–Kier alpha value is -1.18. The lowest BCUT2D eigenvalue weighted by molar-refractivity contribution is 0.199. The molecule has 20 heavy (non-hydrogen) atoms. The number of halogens is 1. The van der Waals surface area contributed by atoms with Crippen LogP contribution in [0.2, 0.25) is 0 Å². The van der Waals surface area contributed by atoms with Crippen molar-refractivity contribution in [3.05, 3.63) is 29.6 Å². The Bertz CT molecular complexity index is 519.